The third-order valence-electron chi connectivity index (χ3n) is 1.24. The van der Waals surface area contributed by atoms with E-state index in [9.17, 15) is 19.7 Å². The number of hydrogen-bond acceptors (Lipinski definition) is 5. The molecule has 0 saturated carbocycles. The molecule has 8 heteroatoms. The zero-order valence-corrected chi connectivity index (χ0v) is 6.05. The summed E-state index contributed by atoms with van der Waals surface area (Å²) in [5.41, 5.74) is -1.27. The summed E-state index contributed by atoms with van der Waals surface area (Å²) in [6.45, 7) is 0. The number of aromatic amines is 1. The van der Waals surface area contributed by atoms with Crippen molar-refractivity contribution >= 4 is 17.4 Å². The van der Waals surface area contributed by atoms with Crippen molar-refractivity contribution in [2.75, 3.05) is 0 Å². The van der Waals surface area contributed by atoms with E-state index in [4.69, 9.17) is 5.11 Å². The maximum atomic E-state index is 10.8. The van der Waals surface area contributed by atoms with Gasteiger partial charge in [-0.15, -0.1) is 0 Å². The Kier molecular flexibility index (Phi) is 2.05. The van der Waals surface area contributed by atoms with E-state index >= 15 is 0 Å². The van der Waals surface area contributed by atoms with Gasteiger partial charge in [0.15, 0.2) is 5.69 Å². The summed E-state index contributed by atoms with van der Waals surface area (Å²) in [4.78, 5) is 30.2. The van der Waals surface area contributed by atoms with Crippen LogP contribution in [0.25, 0.3) is 0 Å². The Morgan fingerprint density at radius 1 is 1.62 bits per heavy atom. The molecule has 68 valence electrons. The third kappa shape index (κ3) is 1.50. The summed E-state index contributed by atoms with van der Waals surface area (Å²) in [5, 5.41) is 23.6. The second-order valence-electron chi connectivity index (χ2n) is 2.02. The van der Waals surface area contributed by atoms with Gasteiger partial charge in [0.1, 0.15) is 6.20 Å². The van der Waals surface area contributed by atoms with Crippen molar-refractivity contribution in [2.45, 2.75) is 0 Å². The van der Waals surface area contributed by atoms with Gasteiger partial charge in [-0.2, -0.15) is 5.10 Å². The summed E-state index contributed by atoms with van der Waals surface area (Å²) < 4.78 is 0. The molecule has 1 heterocycles. The van der Waals surface area contributed by atoms with Crippen molar-refractivity contribution < 1.29 is 19.6 Å². The van der Waals surface area contributed by atoms with Crippen LogP contribution in [0, 0.1) is 10.1 Å². The van der Waals surface area contributed by atoms with Crippen LogP contribution in [0.5, 0.6) is 0 Å². The van der Waals surface area contributed by atoms with E-state index in [1.165, 1.54) is 0 Å². The Labute approximate surface area is 70.3 Å². The van der Waals surface area contributed by atoms with Gasteiger partial charge in [-0.1, -0.05) is 0 Å². The first-order valence-corrected chi connectivity index (χ1v) is 2.99. The lowest BCUT2D eigenvalue weighted by atomic mass is 10.2. The predicted octanol–water partition coefficient (Wildman–Crippen LogP) is -0.415. The number of carbonyl (C=O) groups is 2. The number of rotatable bonds is 3. The molecule has 0 radical (unpaired) electrons. The largest absolute Gasteiger partial charge is 0.475 e. The summed E-state index contributed by atoms with van der Waals surface area (Å²) in [6, 6.07) is 0. The fourth-order valence-corrected chi connectivity index (χ4v) is 0.692. The monoisotopic (exact) mass is 185 g/mol. The van der Waals surface area contributed by atoms with E-state index < -0.39 is 28.1 Å². The lowest BCUT2D eigenvalue weighted by molar-refractivity contribution is -0.385. The quantitative estimate of drug-likeness (QED) is 0.285. The van der Waals surface area contributed by atoms with Crippen LogP contribution >= 0.6 is 0 Å². The number of H-pyrrole nitrogens is 1. The third-order valence-corrected chi connectivity index (χ3v) is 1.24. The first kappa shape index (κ1) is 8.84. The van der Waals surface area contributed by atoms with Crippen LogP contribution in [0.3, 0.4) is 0 Å². The van der Waals surface area contributed by atoms with Crippen LogP contribution in [0.1, 0.15) is 10.5 Å². The number of aliphatic carboxylic acids is 1. The van der Waals surface area contributed by atoms with Gasteiger partial charge >= 0.3 is 11.7 Å². The van der Waals surface area contributed by atoms with E-state index in [0.717, 1.165) is 6.20 Å². The van der Waals surface area contributed by atoms with Gasteiger partial charge in [-0.3, -0.25) is 20.0 Å². The van der Waals surface area contributed by atoms with Crippen LogP contribution < -0.4 is 0 Å². The molecule has 1 rings (SSSR count). The zero-order valence-electron chi connectivity index (χ0n) is 6.05. The van der Waals surface area contributed by atoms with Crippen molar-refractivity contribution in [3.63, 3.8) is 0 Å². The molecule has 2 N–H and O–H groups in total. The highest BCUT2D eigenvalue weighted by molar-refractivity contribution is 6.40. The van der Waals surface area contributed by atoms with Gasteiger partial charge in [-0.05, 0) is 0 Å². The maximum absolute atomic E-state index is 10.8. The van der Waals surface area contributed by atoms with Crippen molar-refractivity contribution in [2.24, 2.45) is 0 Å². The van der Waals surface area contributed by atoms with Crippen LogP contribution in [0.4, 0.5) is 5.69 Å². The van der Waals surface area contributed by atoms with Crippen molar-refractivity contribution in [1.82, 2.24) is 10.2 Å². The number of nitrogens with zero attached hydrogens (tertiary/aromatic N) is 2. The molecule has 1 aromatic heterocycles. The summed E-state index contributed by atoms with van der Waals surface area (Å²) in [7, 11) is 0. The molecule has 0 unspecified atom stereocenters. The van der Waals surface area contributed by atoms with E-state index in [1.807, 2.05) is 5.10 Å². The molecular formula is C5H3N3O5. The lowest BCUT2D eigenvalue weighted by Crippen LogP contribution is -2.14. The smallest absolute Gasteiger partial charge is 0.379 e. The lowest BCUT2D eigenvalue weighted by Gasteiger charge is -1.89. The first-order valence-electron chi connectivity index (χ1n) is 2.99. The highest BCUT2D eigenvalue weighted by Crippen LogP contribution is 2.14. The molecule has 13 heavy (non-hydrogen) atoms. The number of Topliss-reactive ketones (excluding diaryl/α,β-unsaturated/α-hetero) is 1. The second-order valence-corrected chi connectivity index (χ2v) is 2.02. The number of carboxylic acid groups (broad SMARTS) is 1. The van der Waals surface area contributed by atoms with Crippen molar-refractivity contribution in [3.05, 3.63) is 22.0 Å². The van der Waals surface area contributed by atoms with Crippen molar-refractivity contribution in [3.8, 4) is 0 Å². The van der Waals surface area contributed by atoms with Crippen LogP contribution in [0.2, 0.25) is 0 Å². The average Bonchev–Trinajstić information content (AvgIpc) is 2.50. The van der Waals surface area contributed by atoms with E-state index in [-0.39, 0.29) is 0 Å². The molecule has 0 atom stereocenters. The predicted molar refractivity (Wildman–Crippen MR) is 37.2 cm³/mol. The first-order chi connectivity index (χ1) is 6.04. The van der Waals surface area contributed by atoms with E-state index in [0.29, 0.717) is 0 Å². The number of ketones is 1. The molecular weight excluding hydrogens is 182 g/mol. The highest BCUT2D eigenvalue weighted by atomic mass is 16.6. The second kappa shape index (κ2) is 3.01. The Morgan fingerprint density at radius 2 is 2.23 bits per heavy atom. The summed E-state index contributed by atoms with van der Waals surface area (Å²) >= 11 is 0. The zero-order chi connectivity index (χ0) is 10.0. The van der Waals surface area contributed by atoms with Crippen LogP contribution in [-0.2, 0) is 4.79 Å². The molecule has 0 spiro atoms. The molecule has 0 aliphatic heterocycles. The Balaban J connectivity index is 3.15. The average molecular weight is 185 g/mol. The van der Waals surface area contributed by atoms with Crippen molar-refractivity contribution in [1.29, 1.82) is 0 Å². The number of carbonyl (C=O) groups excluding carboxylic acids is 1. The SMILES string of the molecule is O=C(O)C(=O)c1[nH]ncc1[N+](=O)[O-]. The van der Waals surface area contributed by atoms with Gasteiger partial charge in [0, 0.05) is 0 Å². The Morgan fingerprint density at radius 3 is 2.69 bits per heavy atom. The molecule has 1 aromatic rings. The van der Waals surface area contributed by atoms with E-state index in [1.54, 1.807) is 0 Å². The van der Waals surface area contributed by atoms with Gasteiger partial charge in [0.25, 0.3) is 5.78 Å². The number of nitro groups is 1. The molecule has 0 aliphatic carbocycles. The van der Waals surface area contributed by atoms with Crippen LogP contribution in [-0.4, -0.2) is 32.0 Å². The molecule has 8 nitrogen and oxygen atoms in total. The fraction of sp³-hybridized carbons (Fsp3) is 0. The minimum absolute atomic E-state index is 0.627. The summed E-state index contributed by atoms with van der Waals surface area (Å²) in [5.74, 6) is -3.16. The molecule has 0 bridgehead atoms. The number of aromatic nitrogens is 2. The Bertz CT molecular complexity index is 381. The fourth-order valence-electron chi connectivity index (χ4n) is 0.692. The van der Waals surface area contributed by atoms with Crippen LogP contribution in [0.15, 0.2) is 6.20 Å². The van der Waals surface area contributed by atoms with Gasteiger partial charge in [0.05, 0.1) is 4.92 Å². The number of carboxylic acids is 1. The topological polar surface area (TPSA) is 126 Å². The maximum Gasteiger partial charge on any atom is 0.379 e. The normalized spacial score (nSPS) is 9.54. The molecule has 0 saturated heterocycles. The Hall–Kier alpha value is -2.25. The minimum atomic E-state index is -1.77. The summed E-state index contributed by atoms with van der Waals surface area (Å²) in [6.07, 6.45) is 0.774. The number of hydrogen-bond donors (Lipinski definition) is 2. The van der Waals surface area contributed by atoms with E-state index in [2.05, 4.69) is 5.10 Å². The molecule has 0 aromatic carbocycles. The molecule has 0 aliphatic rings. The van der Waals surface area contributed by atoms with Gasteiger partial charge in [0.2, 0.25) is 0 Å². The standard InChI is InChI=1S/C5H3N3O5/c9-4(5(10)11)3-2(8(12)13)1-6-7-3/h1H,(H,6,7)(H,10,11). The molecule has 0 amide bonds. The molecule has 0 fully saturated rings. The highest BCUT2D eigenvalue weighted by Gasteiger charge is 2.27. The minimum Gasteiger partial charge on any atom is -0.475 e. The van der Waals surface area contributed by atoms with Gasteiger partial charge < -0.3 is 5.11 Å². The number of nitrogens with one attached hydrogen (secondary N) is 1. The van der Waals surface area contributed by atoms with Gasteiger partial charge in [-0.25, -0.2) is 4.79 Å².